The summed E-state index contributed by atoms with van der Waals surface area (Å²) < 4.78 is 29.9. The van der Waals surface area contributed by atoms with Crippen LogP contribution < -0.4 is 9.47 Å². The molecule has 4 heterocycles. The minimum absolute atomic E-state index is 0.208. The van der Waals surface area contributed by atoms with Gasteiger partial charge in [-0.15, -0.1) is 0 Å². The Morgan fingerprint density at radius 3 is 2.76 bits per heavy atom. The summed E-state index contributed by atoms with van der Waals surface area (Å²) in [6.45, 7) is 7.43. The summed E-state index contributed by atoms with van der Waals surface area (Å²) in [5.74, 6) is 1.05. The van der Waals surface area contributed by atoms with Gasteiger partial charge in [0.05, 0.1) is 5.54 Å². The Kier molecular flexibility index (Phi) is 3.51. The number of carbonyl (C=O) groups is 1. The number of nitrogens with zero attached hydrogens (tertiary/aromatic N) is 1. The molecule has 0 amide bonds. The van der Waals surface area contributed by atoms with Crippen molar-refractivity contribution < 1.29 is 28.5 Å². The zero-order valence-corrected chi connectivity index (χ0v) is 16.9. The van der Waals surface area contributed by atoms with Crippen LogP contribution in [0.2, 0.25) is 0 Å². The third-order valence-corrected chi connectivity index (χ3v) is 6.83. The van der Waals surface area contributed by atoms with E-state index in [4.69, 9.17) is 23.7 Å². The van der Waals surface area contributed by atoms with Gasteiger partial charge in [-0.3, -0.25) is 9.69 Å². The van der Waals surface area contributed by atoms with Crippen LogP contribution >= 0.6 is 0 Å². The number of esters is 1. The Morgan fingerprint density at radius 2 is 1.97 bits per heavy atom. The van der Waals surface area contributed by atoms with E-state index < -0.39 is 11.9 Å². The molecule has 1 aromatic carbocycles. The highest BCUT2D eigenvalue weighted by Crippen LogP contribution is 2.59. The Bertz CT molecular complexity index is 953. The lowest BCUT2D eigenvalue weighted by molar-refractivity contribution is -0.159. The largest absolute Gasteiger partial charge is 0.454 e. The van der Waals surface area contributed by atoms with Crippen molar-refractivity contribution in [2.75, 3.05) is 19.9 Å². The van der Waals surface area contributed by atoms with E-state index in [1.807, 2.05) is 19.9 Å². The maximum atomic E-state index is 12.1. The molecular formula is C22H25NO6. The molecular weight excluding hydrogens is 374 g/mol. The number of rotatable bonds is 1. The first-order valence-electron chi connectivity index (χ1n) is 10.4. The molecule has 0 saturated carbocycles. The van der Waals surface area contributed by atoms with E-state index in [2.05, 4.69) is 11.0 Å². The quantitative estimate of drug-likeness (QED) is 0.673. The van der Waals surface area contributed by atoms with Crippen LogP contribution in [-0.2, 0) is 25.4 Å². The first-order valence-corrected chi connectivity index (χ1v) is 10.4. The van der Waals surface area contributed by atoms with Crippen LogP contribution in [0.25, 0.3) is 5.57 Å². The van der Waals surface area contributed by atoms with Crippen molar-refractivity contribution in [3.05, 3.63) is 29.0 Å². The van der Waals surface area contributed by atoms with Gasteiger partial charge in [-0.1, -0.05) is 0 Å². The molecule has 2 saturated heterocycles. The predicted molar refractivity (Wildman–Crippen MR) is 102 cm³/mol. The molecule has 2 fully saturated rings. The summed E-state index contributed by atoms with van der Waals surface area (Å²) in [7, 11) is 0. The average Bonchev–Trinajstić information content (AvgIpc) is 3.37. The van der Waals surface area contributed by atoms with Crippen LogP contribution in [0, 0.1) is 0 Å². The van der Waals surface area contributed by atoms with Gasteiger partial charge in [0, 0.05) is 19.0 Å². The lowest BCUT2D eigenvalue weighted by Crippen LogP contribution is -2.53. The summed E-state index contributed by atoms with van der Waals surface area (Å²) in [5.41, 5.74) is 2.92. The zero-order valence-electron chi connectivity index (χ0n) is 16.9. The van der Waals surface area contributed by atoms with Crippen LogP contribution in [-0.4, -0.2) is 54.3 Å². The highest BCUT2D eigenvalue weighted by molar-refractivity contribution is 5.85. The number of carbonyl (C=O) groups excluding carboxylic acids is 1. The number of benzene rings is 1. The van der Waals surface area contributed by atoms with Crippen molar-refractivity contribution in [3.8, 4) is 11.5 Å². The van der Waals surface area contributed by atoms with Crippen molar-refractivity contribution in [1.82, 2.24) is 4.90 Å². The Balaban J connectivity index is 1.63. The number of hydrogen-bond donors (Lipinski definition) is 0. The minimum Gasteiger partial charge on any atom is -0.454 e. The average molecular weight is 399 g/mol. The van der Waals surface area contributed by atoms with Crippen LogP contribution in [0.1, 0.15) is 44.7 Å². The van der Waals surface area contributed by atoms with Gasteiger partial charge in [-0.05, 0) is 62.9 Å². The van der Waals surface area contributed by atoms with Crippen LogP contribution in [0.3, 0.4) is 0 Å². The molecule has 0 N–H and O–H groups in total. The Hall–Kier alpha value is -2.09. The molecule has 0 unspecified atom stereocenters. The molecule has 0 radical (unpaired) electrons. The lowest BCUT2D eigenvalue weighted by atomic mass is 9.81. The second-order valence-electron chi connectivity index (χ2n) is 8.94. The standard InChI is InChI=1S/C22H25NO6/c1-12(24)27-18-17-14-10-16-15(25-11-26-16)9-13(14)5-8-23-7-4-6-22(17,23)20-19(18)28-21(2,3)29-20/h9-10,19-20H,4-8,11H2,1-3H3/t19-,20-,22-/m1/s1. The van der Waals surface area contributed by atoms with Gasteiger partial charge in [-0.2, -0.15) is 0 Å². The fourth-order valence-electron chi connectivity index (χ4n) is 5.92. The first-order chi connectivity index (χ1) is 13.9. The van der Waals surface area contributed by atoms with Gasteiger partial charge in [0.2, 0.25) is 6.79 Å². The van der Waals surface area contributed by atoms with E-state index in [1.165, 1.54) is 12.5 Å². The molecule has 4 aliphatic heterocycles. The van der Waals surface area contributed by atoms with E-state index in [9.17, 15) is 4.79 Å². The normalized spacial score (nSPS) is 33.8. The number of ether oxygens (including phenoxy) is 5. The SMILES string of the molecule is CC(=O)OC1=C2c3cc4c(cc3CCN3CCC[C@]23[C@@H]2OC(C)(C)O[C@H]12)OCO4. The summed E-state index contributed by atoms with van der Waals surface area (Å²) >= 11 is 0. The second kappa shape index (κ2) is 5.74. The van der Waals surface area contributed by atoms with E-state index >= 15 is 0 Å². The van der Waals surface area contributed by atoms with Crippen molar-refractivity contribution in [2.24, 2.45) is 0 Å². The maximum absolute atomic E-state index is 12.1. The van der Waals surface area contributed by atoms with Gasteiger partial charge in [-0.25, -0.2) is 0 Å². The van der Waals surface area contributed by atoms with Crippen LogP contribution in [0.15, 0.2) is 17.9 Å². The third-order valence-electron chi connectivity index (χ3n) is 6.83. The van der Waals surface area contributed by atoms with Crippen LogP contribution in [0.5, 0.6) is 11.5 Å². The van der Waals surface area contributed by atoms with Gasteiger partial charge in [0.1, 0.15) is 18.0 Å². The van der Waals surface area contributed by atoms with E-state index in [1.54, 1.807) is 0 Å². The molecule has 1 spiro atoms. The first kappa shape index (κ1) is 17.7. The molecule has 0 aromatic heterocycles. The van der Waals surface area contributed by atoms with Crippen LogP contribution in [0.4, 0.5) is 0 Å². The Labute approximate surface area is 169 Å². The molecule has 6 rings (SSSR count). The van der Waals surface area contributed by atoms with E-state index in [0.717, 1.165) is 55.0 Å². The fourth-order valence-corrected chi connectivity index (χ4v) is 5.92. The van der Waals surface area contributed by atoms with Gasteiger partial charge < -0.3 is 23.7 Å². The number of fused-ring (bicyclic) bond motifs is 4. The summed E-state index contributed by atoms with van der Waals surface area (Å²) in [5, 5.41) is 0. The smallest absolute Gasteiger partial charge is 0.307 e. The molecule has 7 heteroatoms. The van der Waals surface area contributed by atoms with Crippen molar-refractivity contribution in [1.29, 1.82) is 0 Å². The zero-order chi connectivity index (χ0) is 20.0. The third kappa shape index (κ3) is 2.32. The summed E-state index contributed by atoms with van der Waals surface area (Å²) in [4.78, 5) is 14.6. The maximum Gasteiger partial charge on any atom is 0.307 e. The molecule has 29 heavy (non-hydrogen) atoms. The van der Waals surface area contributed by atoms with E-state index in [0.29, 0.717) is 5.76 Å². The molecule has 1 aromatic rings. The van der Waals surface area contributed by atoms with Gasteiger partial charge in [0.15, 0.2) is 17.3 Å². The van der Waals surface area contributed by atoms with Crippen molar-refractivity contribution >= 4 is 11.5 Å². The lowest BCUT2D eigenvalue weighted by Gasteiger charge is -2.40. The molecule has 1 aliphatic carbocycles. The second-order valence-corrected chi connectivity index (χ2v) is 8.94. The molecule has 7 nitrogen and oxygen atoms in total. The van der Waals surface area contributed by atoms with Crippen molar-refractivity contribution in [2.45, 2.75) is 63.6 Å². The molecule has 0 bridgehead atoms. The predicted octanol–water partition coefficient (Wildman–Crippen LogP) is 2.61. The highest BCUT2D eigenvalue weighted by atomic mass is 16.8. The fraction of sp³-hybridized carbons (Fsp3) is 0.591. The van der Waals surface area contributed by atoms with Gasteiger partial charge >= 0.3 is 5.97 Å². The Morgan fingerprint density at radius 1 is 1.17 bits per heavy atom. The summed E-state index contributed by atoms with van der Waals surface area (Å²) in [6, 6.07) is 4.12. The topological polar surface area (TPSA) is 66.5 Å². The molecule has 5 aliphatic rings. The van der Waals surface area contributed by atoms with Crippen molar-refractivity contribution in [3.63, 3.8) is 0 Å². The monoisotopic (exact) mass is 399 g/mol. The molecule has 154 valence electrons. The number of hydrogen-bond acceptors (Lipinski definition) is 7. The summed E-state index contributed by atoms with van der Waals surface area (Å²) in [6.07, 6.45) is 2.30. The van der Waals surface area contributed by atoms with E-state index in [-0.39, 0.29) is 24.4 Å². The minimum atomic E-state index is -0.723. The van der Waals surface area contributed by atoms with Gasteiger partial charge in [0.25, 0.3) is 0 Å². The highest BCUT2D eigenvalue weighted by Gasteiger charge is 2.66. The molecule has 3 atom stereocenters.